The van der Waals surface area contributed by atoms with E-state index < -0.39 is 10.0 Å². The summed E-state index contributed by atoms with van der Waals surface area (Å²) in [5, 5.41) is 0.0920. The molecule has 0 aliphatic carbocycles. The summed E-state index contributed by atoms with van der Waals surface area (Å²) >= 11 is 12.3. The van der Waals surface area contributed by atoms with Crippen molar-refractivity contribution in [3.05, 3.63) is 57.6 Å². The smallest absolute Gasteiger partial charge is 0.259 e. The van der Waals surface area contributed by atoms with Crippen molar-refractivity contribution in [3.63, 3.8) is 0 Å². The van der Waals surface area contributed by atoms with Gasteiger partial charge in [0.2, 0.25) is 10.0 Å². The molecule has 5 nitrogen and oxygen atoms in total. The average molecular weight is 413 g/mol. The minimum atomic E-state index is -3.86. The molecule has 0 aromatic heterocycles. The van der Waals surface area contributed by atoms with Crippen molar-refractivity contribution in [2.75, 3.05) is 11.4 Å². The fourth-order valence-electron chi connectivity index (χ4n) is 2.97. The Labute approximate surface area is 163 Å². The van der Waals surface area contributed by atoms with Crippen LogP contribution in [-0.2, 0) is 16.4 Å². The predicted molar refractivity (Wildman–Crippen MR) is 104 cm³/mol. The second-order valence-corrected chi connectivity index (χ2v) is 8.87. The van der Waals surface area contributed by atoms with Gasteiger partial charge in [0.05, 0.1) is 15.6 Å². The molecule has 26 heavy (non-hydrogen) atoms. The van der Waals surface area contributed by atoms with Crippen molar-refractivity contribution < 1.29 is 13.2 Å². The normalized spacial score (nSPS) is 14.0. The van der Waals surface area contributed by atoms with Crippen molar-refractivity contribution in [2.24, 2.45) is 0 Å². The lowest BCUT2D eigenvalue weighted by Gasteiger charge is -2.19. The number of carbonyl (C=O) groups excluding carboxylic acids is 1. The van der Waals surface area contributed by atoms with Gasteiger partial charge in [0.1, 0.15) is 4.90 Å². The molecule has 0 atom stereocenters. The van der Waals surface area contributed by atoms with Crippen LogP contribution in [-0.4, -0.2) is 26.9 Å². The predicted octanol–water partition coefficient (Wildman–Crippen LogP) is 3.88. The van der Waals surface area contributed by atoms with Crippen LogP contribution >= 0.6 is 23.2 Å². The van der Waals surface area contributed by atoms with Gasteiger partial charge >= 0.3 is 0 Å². The lowest BCUT2D eigenvalue weighted by Crippen LogP contribution is -2.32. The maximum absolute atomic E-state index is 13.0. The number of halogens is 2. The van der Waals surface area contributed by atoms with E-state index >= 15 is 0 Å². The van der Waals surface area contributed by atoms with Crippen LogP contribution in [0.1, 0.15) is 29.8 Å². The van der Waals surface area contributed by atoms with Gasteiger partial charge in [-0.2, -0.15) is 0 Å². The van der Waals surface area contributed by atoms with Crippen molar-refractivity contribution in [1.29, 1.82) is 0 Å². The Morgan fingerprint density at radius 3 is 2.54 bits per heavy atom. The SMILES string of the molecule is CC(C)NS(=O)(=O)c1cc(C(=O)N2CCc3ccccc32)c(Cl)cc1Cl. The first-order valence-corrected chi connectivity index (χ1v) is 10.4. The number of hydrogen-bond acceptors (Lipinski definition) is 3. The number of hydrogen-bond donors (Lipinski definition) is 1. The minimum Gasteiger partial charge on any atom is -0.308 e. The largest absolute Gasteiger partial charge is 0.308 e. The molecule has 3 rings (SSSR count). The third kappa shape index (κ3) is 3.60. The van der Waals surface area contributed by atoms with E-state index in [0.29, 0.717) is 6.54 Å². The number of fused-ring (bicyclic) bond motifs is 1. The average Bonchev–Trinajstić information content (AvgIpc) is 2.96. The molecule has 0 spiro atoms. The van der Waals surface area contributed by atoms with E-state index in [1.54, 1.807) is 18.7 Å². The van der Waals surface area contributed by atoms with Crippen LogP contribution < -0.4 is 9.62 Å². The topological polar surface area (TPSA) is 66.5 Å². The van der Waals surface area contributed by atoms with Crippen LogP contribution in [0, 0.1) is 0 Å². The molecule has 2 aromatic rings. The third-order valence-electron chi connectivity index (χ3n) is 4.06. The summed E-state index contributed by atoms with van der Waals surface area (Å²) in [6, 6.07) is 9.85. The molecule has 0 saturated heterocycles. The first kappa shape index (κ1) is 19.2. The van der Waals surface area contributed by atoms with Crippen molar-refractivity contribution in [3.8, 4) is 0 Å². The Hall–Kier alpha value is -1.60. The van der Waals surface area contributed by atoms with Crippen LogP contribution in [0.4, 0.5) is 5.69 Å². The quantitative estimate of drug-likeness (QED) is 0.827. The fourth-order valence-corrected chi connectivity index (χ4v) is 5.07. The van der Waals surface area contributed by atoms with Gasteiger partial charge in [0.25, 0.3) is 5.91 Å². The number of para-hydroxylation sites is 1. The highest BCUT2D eigenvalue weighted by Gasteiger charge is 2.29. The molecule has 1 heterocycles. The zero-order chi connectivity index (χ0) is 19.1. The standard InChI is InChI=1S/C18H18Cl2N2O3S/c1-11(2)21-26(24,25)17-9-13(14(19)10-15(17)20)18(23)22-8-7-12-5-3-4-6-16(12)22/h3-6,9-11,21H,7-8H2,1-2H3. The van der Waals surface area contributed by atoms with Crippen LogP contribution in [0.15, 0.2) is 41.3 Å². The summed E-state index contributed by atoms with van der Waals surface area (Å²) in [5.41, 5.74) is 1.99. The number of amides is 1. The number of rotatable bonds is 4. The van der Waals surface area contributed by atoms with E-state index in [-0.39, 0.29) is 32.5 Å². The number of carbonyl (C=O) groups is 1. The van der Waals surface area contributed by atoms with Gasteiger partial charge in [-0.15, -0.1) is 0 Å². The van der Waals surface area contributed by atoms with E-state index in [0.717, 1.165) is 17.7 Å². The van der Waals surface area contributed by atoms with Crippen molar-refractivity contribution in [2.45, 2.75) is 31.2 Å². The number of benzene rings is 2. The van der Waals surface area contributed by atoms with Gasteiger partial charge in [-0.1, -0.05) is 41.4 Å². The highest BCUT2D eigenvalue weighted by atomic mass is 35.5. The van der Waals surface area contributed by atoms with Gasteiger partial charge in [0, 0.05) is 18.3 Å². The maximum atomic E-state index is 13.0. The summed E-state index contributed by atoms with van der Waals surface area (Å²) in [6.07, 6.45) is 0.743. The maximum Gasteiger partial charge on any atom is 0.259 e. The number of nitrogens with zero attached hydrogens (tertiary/aromatic N) is 1. The molecule has 1 N–H and O–H groups in total. The van der Waals surface area contributed by atoms with Crippen molar-refractivity contribution >= 4 is 44.8 Å². The highest BCUT2D eigenvalue weighted by Crippen LogP contribution is 2.33. The molecule has 0 fully saturated rings. The molecule has 1 amide bonds. The molecule has 0 saturated carbocycles. The van der Waals surface area contributed by atoms with E-state index in [1.165, 1.54) is 12.1 Å². The van der Waals surface area contributed by atoms with Crippen LogP contribution in [0.25, 0.3) is 0 Å². The van der Waals surface area contributed by atoms with E-state index in [9.17, 15) is 13.2 Å². The Kier molecular flexibility index (Phi) is 5.30. The van der Waals surface area contributed by atoms with Gasteiger partial charge in [-0.05, 0) is 44.0 Å². The van der Waals surface area contributed by atoms with Gasteiger partial charge < -0.3 is 4.90 Å². The zero-order valence-corrected chi connectivity index (χ0v) is 16.6. The highest BCUT2D eigenvalue weighted by molar-refractivity contribution is 7.89. The van der Waals surface area contributed by atoms with Crippen molar-refractivity contribution in [1.82, 2.24) is 4.72 Å². The van der Waals surface area contributed by atoms with Crippen LogP contribution in [0.3, 0.4) is 0 Å². The van der Waals surface area contributed by atoms with E-state index in [4.69, 9.17) is 23.2 Å². The third-order valence-corrected chi connectivity index (χ3v) is 6.50. The first-order valence-electron chi connectivity index (χ1n) is 8.12. The summed E-state index contributed by atoms with van der Waals surface area (Å²) in [4.78, 5) is 14.5. The van der Waals surface area contributed by atoms with Crippen LogP contribution in [0.5, 0.6) is 0 Å². The molecule has 0 unspecified atom stereocenters. The molecule has 1 aliphatic rings. The first-order chi connectivity index (χ1) is 12.2. The molecule has 8 heteroatoms. The number of nitrogens with one attached hydrogen (secondary N) is 1. The zero-order valence-electron chi connectivity index (χ0n) is 14.3. The minimum absolute atomic E-state index is 0.0264. The molecule has 138 valence electrons. The summed E-state index contributed by atoms with van der Waals surface area (Å²) < 4.78 is 27.5. The van der Waals surface area contributed by atoms with Crippen LogP contribution in [0.2, 0.25) is 10.0 Å². The summed E-state index contributed by atoms with van der Waals surface area (Å²) in [5.74, 6) is -0.349. The van der Waals surface area contributed by atoms with E-state index in [2.05, 4.69) is 4.72 Å². The molecule has 0 radical (unpaired) electrons. The fraction of sp³-hybridized carbons (Fsp3) is 0.278. The molecular weight excluding hydrogens is 395 g/mol. The molecular formula is C18H18Cl2N2O3S. The monoisotopic (exact) mass is 412 g/mol. The summed E-state index contributed by atoms with van der Waals surface area (Å²) in [6.45, 7) is 3.92. The molecule has 1 aliphatic heterocycles. The Morgan fingerprint density at radius 1 is 1.15 bits per heavy atom. The second kappa shape index (κ2) is 7.19. The lowest BCUT2D eigenvalue weighted by atomic mass is 10.1. The molecule has 2 aromatic carbocycles. The Balaban J connectivity index is 2.04. The molecule has 0 bridgehead atoms. The van der Waals surface area contributed by atoms with Gasteiger partial charge in [0.15, 0.2) is 0 Å². The number of sulfonamides is 1. The van der Waals surface area contributed by atoms with E-state index in [1.807, 2.05) is 24.3 Å². The number of anilines is 1. The van der Waals surface area contributed by atoms with Gasteiger partial charge in [-0.3, -0.25) is 4.79 Å². The second-order valence-electron chi connectivity index (χ2n) is 6.37. The lowest BCUT2D eigenvalue weighted by molar-refractivity contribution is 0.0989. The Morgan fingerprint density at radius 2 is 1.85 bits per heavy atom. The Bertz CT molecular complexity index is 974. The summed E-state index contributed by atoms with van der Waals surface area (Å²) in [7, 11) is -3.86. The van der Waals surface area contributed by atoms with Gasteiger partial charge in [-0.25, -0.2) is 13.1 Å².